The van der Waals surface area contributed by atoms with Gasteiger partial charge in [0.1, 0.15) is 0 Å². The molecule has 0 aliphatic rings. The molecule has 0 saturated heterocycles. The van der Waals surface area contributed by atoms with Crippen LogP contribution in [0.4, 0.5) is 0 Å². The average Bonchev–Trinajstić information content (AvgIpc) is 2.09. The molecule has 0 aromatic rings. The predicted octanol–water partition coefficient (Wildman–Crippen LogP) is 2.78. The average molecular weight is 228 g/mol. The Hall–Kier alpha value is -0.303. The van der Waals surface area contributed by atoms with Crippen molar-refractivity contribution >= 4 is 8.32 Å². The van der Waals surface area contributed by atoms with Gasteiger partial charge in [-0.15, -0.1) is 12.3 Å². The number of hydrogen-bond acceptors (Lipinski definition) is 2. The fourth-order valence-corrected chi connectivity index (χ4v) is 1.90. The Balaban J connectivity index is 4.00. The second kappa shape index (κ2) is 5.69. The zero-order valence-corrected chi connectivity index (χ0v) is 11.6. The summed E-state index contributed by atoms with van der Waals surface area (Å²) in [5.74, 6) is 2.52. The van der Waals surface area contributed by atoms with Gasteiger partial charge in [-0.05, 0) is 24.6 Å². The Morgan fingerprint density at radius 3 is 2.33 bits per heavy atom. The van der Waals surface area contributed by atoms with E-state index in [0.717, 1.165) is 0 Å². The summed E-state index contributed by atoms with van der Waals surface area (Å²) < 4.78 is 5.87. The van der Waals surface area contributed by atoms with Gasteiger partial charge in [-0.3, -0.25) is 0 Å². The third kappa shape index (κ3) is 5.36. The maximum atomic E-state index is 9.61. The molecular weight excluding hydrogens is 204 g/mol. The second-order valence-corrected chi connectivity index (χ2v) is 10.3. The highest BCUT2D eigenvalue weighted by molar-refractivity contribution is 6.74. The summed E-state index contributed by atoms with van der Waals surface area (Å²) in [5.41, 5.74) is 0. The van der Waals surface area contributed by atoms with E-state index in [1.807, 2.05) is 0 Å². The van der Waals surface area contributed by atoms with Crippen LogP contribution in [0, 0.1) is 12.3 Å². The van der Waals surface area contributed by atoms with Crippen molar-refractivity contribution < 1.29 is 9.53 Å². The minimum Gasteiger partial charge on any atom is -0.414 e. The van der Waals surface area contributed by atoms with E-state index in [1.54, 1.807) is 0 Å². The number of aliphatic hydroxyl groups excluding tert-OH is 1. The van der Waals surface area contributed by atoms with Gasteiger partial charge in [-0.1, -0.05) is 20.8 Å². The third-order valence-corrected chi connectivity index (χ3v) is 7.57. The van der Waals surface area contributed by atoms with E-state index in [4.69, 9.17) is 10.8 Å². The molecule has 2 nitrogen and oxygen atoms in total. The van der Waals surface area contributed by atoms with Crippen LogP contribution in [0.3, 0.4) is 0 Å². The number of rotatable bonds is 5. The summed E-state index contributed by atoms with van der Waals surface area (Å²) in [4.78, 5) is 0. The minimum absolute atomic E-state index is 0.193. The molecule has 0 aliphatic heterocycles. The van der Waals surface area contributed by atoms with Gasteiger partial charge in [0.05, 0.1) is 12.7 Å². The highest BCUT2D eigenvalue weighted by atomic mass is 28.4. The van der Waals surface area contributed by atoms with Crippen molar-refractivity contribution in [1.29, 1.82) is 0 Å². The van der Waals surface area contributed by atoms with Gasteiger partial charge in [-0.2, -0.15) is 0 Å². The first-order valence-electron chi connectivity index (χ1n) is 5.46. The van der Waals surface area contributed by atoms with E-state index in [9.17, 15) is 5.11 Å². The normalized spacial score (nSPS) is 14.7. The van der Waals surface area contributed by atoms with Crippen molar-refractivity contribution in [2.24, 2.45) is 0 Å². The van der Waals surface area contributed by atoms with Crippen molar-refractivity contribution in [3.05, 3.63) is 0 Å². The Morgan fingerprint density at radius 2 is 1.93 bits per heavy atom. The Morgan fingerprint density at radius 1 is 1.40 bits per heavy atom. The molecule has 0 saturated carbocycles. The molecule has 1 N–H and O–H groups in total. The summed E-state index contributed by atoms with van der Waals surface area (Å²) in [6.07, 6.45) is 5.96. The van der Waals surface area contributed by atoms with Crippen LogP contribution < -0.4 is 0 Å². The maximum Gasteiger partial charge on any atom is 0.192 e. The lowest BCUT2D eigenvalue weighted by Gasteiger charge is -2.36. The highest BCUT2D eigenvalue weighted by Crippen LogP contribution is 2.36. The van der Waals surface area contributed by atoms with Crippen LogP contribution in [0.25, 0.3) is 0 Å². The summed E-state index contributed by atoms with van der Waals surface area (Å²) in [5, 5.41) is 9.80. The molecule has 15 heavy (non-hydrogen) atoms. The van der Waals surface area contributed by atoms with Crippen molar-refractivity contribution in [3.8, 4) is 12.3 Å². The van der Waals surface area contributed by atoms with Gasteiger partial charge in [0.25, 0.3) is 0 Å². The van der Waals surface area contributed by atoms with Crippen LogP contribution in [0.5, 0.6) is 0 Å². The summed E-state index contributed by atoms with van der Waals surface area (Å²) in [6.45, 7) is 11.3. The first kappa shape index (κ1) is 14.7. The van der Waals surface area contributed by atoms with Crippen molar-refractivity contribution in [1.82, 2.24) is 0 Å². The van der Waals surface area contributed by atoms with Crippen LogP contribution in [0.2, 0.25) is 18.1 Å². The van der Waals surface area contributed by atoms with Crippen molar-refractivity contribution in [3.63, 3.8) is 0 Å². The van der Waals surface area contributed by atoms with Gasteiger partial charge >= 0.3 is 0 Å². The van der Waals surface area contributed by atoms with Gasteiger partial charge in [0.15, 0.2) is 8.32 Å². The van der Waals surface area contributed by atoms with Crippen LogP contribution in [0.15, 0.2) is 0 Å². The molecule has 1 unspecified atom stereocenters. The van der Waals surface area contributed by atoms with Gasteiger partial charge in [0.2, 0.25) is 0 Å². The molecule has 0 amide bonds. The van der Waals surface area contributed by atoms with E-state index >= 15 is 0 Å². The molecule has 0 heterocycles. The largest absolute Gasteiger partial charge is 0.414 e. The summed E-state index contributed by atoms with van der Waals surface area (Å²) in [6, 6.07) is 0. The van der Waals surface area contributed by atoms with Crippen molar-refractivity contribution in [2.75, 3.05) is 6.61 Å². The molecular formula is C12H24O2Si. The summed E-state index contributed by atoms with van der Waals surface area (Å²) in [7, 11) is -1.72. The van der Waals surface area contributed by atoms with Crippen LogP contribution >= 0.6 is 0 Å². The van der Waals surface area contributed by atoms with Crippen LogP contribution in [-0.4, -0.2) is 26.1 Å². The van der Waals surface area contributed by atoms with Crippen molar-refractivity contribution in [2.45, 2.75) is 57.8 Å². The molecule has 0 aromatic carbocycles. The van der Waals surface area contributed by atoms with E-state index in [2.05, 4.69) is 39.8 Å². The molecule has 0 aliphatic carbocycles. The minimum atomic E-state index is -1.72. The first-order chi connectivity index (χ1) is 6.70. The SMILES string of the molecule is C#CCCC(O)CO[Si](C)(C)C(C)(C)C. The molecule has 3 heteroatoms. The van der Waals surface area contributed by atoms with Gasteiger partial charge in [-0.25, -0.2) is 0 Å². The fraction of sp³-hybridized carbons (Fsp3) is 0.833. The quantitative estimate of drug-likeness (QED) is 0.579. The molecule has 0 aromatic heterocycles. The van der Waals surface area contributed by atoms with E-state index in [1.165, 1.54) is 0 Å². The zero-order chi connectivity index (χ0) is 12.1. The highest BCUT2D eigenvalue weighted by Gasteiger charge is 2.37. The second-order valence-electron chi connectivity index (χ2n) is 5.47. The lowest BCUT2D eigenvalue weighted by atomic mass is 10.2. The smallest absolute Gasteiger partial charge is 0.192 e. The number of aliphatic hydroxyl groups is 1. The fourth-order valence-electron chi connectivity index (χ4n) is 0.854. The molecule has 1 atom stereocenters. The topological polar surface area (TPSA) is 29.5 Å². The number of terminal acetylenes is 1. The Kier molecular flexibility index (Phi) is 5.58. The Bertz CT molecular complexity index is 223. The van der Waals surface area contributed by atoms with Crippen LogP contribution in [0.1, 0.15) is 33.6 Å². The van der Waals surface area contributed by atoms with Gasteiger partial charge in [0, 0.05) is 6.42 Å². The standard InChI is InChI=1S/C12H24O2Si/c1-7-8-9-11(13)10-14-15(5,6)12(2,3)4/h1,11,13H,8-10H2,2-6H3. The van der Waals surface area contributed by atoms with E-state index in [-0.39, 0.29) is 5.04 Å². The van der Waals surface area contributed by atoms with E-state index < -0.39 is 14.4 Å². The lowest BCUT2D eigenvalue weighted by Crippen LogP contribution is -2.42. The molecule has 0 fully saturated rings. The molecule has 0 bridgehead atoms. The number of hydrogen-bond donors (Lipinski definition) is 1. The monoisotopic (exact) mass is 228 g/mol. The zero-order valence-electron chi connectivity index (χ0n) is 10.6. The summed E-state index contributed by atoms with van der Waals surface area (Å²) >= 11 is 0. The van der Waals surface area contributed by atoms with E-state index in [0.29, 0.717) is 19.4 Å². The first-order valence-corrected chi connectivity index (χ1v) is 8.37. The van der Waals surface area contributed by atoms with Crippen LogP contribution in [-0.2, 0) is 4.43 Å². The van der Waals surface area contributed by atoms with Gasteiger partial charge < -0.3 is 9.53 Å². The molecule has 88 valence electrons. The lowest BCUT2D eigenvalue weighted by molar-refractivity contribution is 0.0941. The molecule has 0 radical (unpaired) electrons. The molecule has 0 rings (SSSR count). The third-order valence-electron chi connectivity index (χ3n) is 3.06. The molecule has 0 spiro atoms. The maximum absolute atomic E-state index is 9.61. The Labute approximate surface area is 95.2 Å². The predicted molar refractivity (Wildman–Crippen MR) is 67.2 cm³/mol.